The molecular formula is C55H35N7. The fourth-order valence-electron chi connectivity index (χ4n) is 9.04. The maximum atomic E-state index is 5.18. The van der Waals surface area contributed by atoms with E-state index in [-0.39, 0.29) is 0 Å². The molecule has 7 heteroatoms. The zero-order valence-corrected chi connectivity index (χ0v) is 33.3. The van der Waals surface area contributed by atoms with Crippen LogP contribution in [0.3, 0.4) is 0 Å². The summed E-state index contributed by atoms with van der Waals surface area (Å²) in [5.74, 6) is 1.70. The van der Waals surface area contributed by atoms with Gasteiger partial charge in [0.1, 0.15) is 0 Å². The van der Waals surface area contributed by atoms with Crippen molar-refractivity contribution in [2.45, 2.75) is 0 Å². The second-order valence-corrected chi connectivity index (χ2v) is 15.3. The maximum absolute atomic E-state index is 5.18. The first kappa shape index (κ1) is 35.4. The first-order valence-electron chi connectivity index (χ1n) is 20.7. The van der Waals surface area contributed by atoms with Crippen LogP contribution in [0, 0.1) is 0 Å². The van der Waals surface area contributed by atoms with Crippen molar-refractivity contribution < 1.29 is 0 Å². The molecule has 62 heavy (non-hydrogen) atoms. The van der Waals surface area contributed by atoms with Crippen LogP contribution in [0.2, 0.25) is 0 Å². The fraction of sp³-hybridized carbons (Fsp3) is 0. The highest BCUT2D eigenvalue weighted by molar-refractivity contribution is 6.26. The van der Waals surface area contributed by atoms with Gasteiger partial charge in [-0.1, -0.05) is 121 Å². The molecule has 5 heterocycles. The number of para-hydroxylation sites is 3. The largest absolute Gasteiger partial charge is 0.309 e. The van der Waals surface area contributed by atoms with E-state index in [0.29, 0.717) is 17.5 Å². The fourth-order valence-corrected chi connectivity index (χ4v) is 9.04. The lowest BCUT2D eigenvalue weighted by Crippen LogP contribution is -2.04. The molecule has 0 spiro atoms. The molecule has 0 unspecified atom stereocenters. The lowest BCUT2D eigenvalue weighted by molar-refractivity contribution is 1.07. The normalized spacial score (nSPS) is 11.5. The molecule has 5 aromatic heterocycles. The summed E-state index contributed by atoms with van der Waals surface area (Å²) in [4.78, 5) is 23.9. The van der Waals surface area contributed by atoms with Gasteiger partial charge < -0.3 is 9.13 Å². The Morgan fingerprint density at radius 2 is 0.790 bits per heavy atom. The van der Waals surface area contributed by atoms with E-state index in [9.17, 15) is 0 Å². The van der Waals surface area contributed by atoms with Gasteiger partial charge in [-0.2, -0.15) is 0 Å². The van der Waals surface area contributed by atoms with E-state index in [1.165, 1.54) is 32.6 Å². The molecular weight excluding hydrogens is 759 g/mol. The standard InChI is InChI=1S/C55H35N7/c1-4-14-36(15-5-1)45-34-40(55-59-53(38-26-30-56-31-27-38)58-54(60-55)39-28-32-57-33-29-39)35-46(37-16-6-2-7-17-37)51(45)62-48-23-13-11-21-44(48)50-49(62)25-24-43-42-20-10-12-22-47(42)61(52(43)50)41-18-8-3-9-19-41/h1-35H. The molecule has 12 rings (SSSR count). The van der Waals surface area contributed by atoms with Crippen LogP contribution in [0.1, 0.15) is 0 Å². The Bertz CT molecular complexity index is 3480. The highest BCUT2D eigenvalue weighted by Crippen LogP contribution is 2.46. The van der Waals surface area contributed by atoms with Crippen LogP contribution < -0.4 is 0 Å². The van der Waals surface area contributed by atoms with E-state index in [1.807, 2.05) is 24.3 Å². The molecule has 0 fully saturated rings. The third-order valence-corrected chi connectivity index (χ3v) is 11.8. The summed E-state index contributed by atoms with van der Waals surface area (Å²) >= 11 is 0. The van der Waals surface area contributed by atoms with Gasteiger partial charge in [-0.25, -0.2) is 15.0 Å². The molecule has 7 aromatic carbocycles. The van der Waals surface area contributed by atoms with E-state index < -0.39 is 0 Å². The summed E-state index contributed by atoms with van der Waals surface area (Å²) in [6, 6.07) is 66.4. The van der Waals surface area contributed by atoms with E-state index in [1.54, 1.807) is 24.8 Å². The molecule has 0 N–H and O–H groups in total. The number of rotatable bonds is 7. The van der Waals surface area contributed by atoms with Crippen molar-refractivity contribution in [2.24, 2.45) is 0 Å². The minimum atomic E-state index is 0.566. The topological polar surface area (TPSA) is 74.3 Å². The maximum Gasteiger partial charge on any atom is 0.164 e. The highest BCUT2D eigenvalue weighted by atomic mass is 15.0. The average Bonchev–Trinajstić information content (AvgIpc) is 3.87. The molecule has 0 radical (unpaired) electrons. The van der Waals surface area contributed by atoms with Gasteiger partial charge in [0, 0.05) is 79.8 Å². The van der Waals surface area contributed by atoms with Crippen LogP contribution in [-0.2, 0) is 0 Å². The summed E-state index contributed by atoms with van der Waals surface area (Å²) in [6.07, 6.45) is 7.05. The van der Waals surface area contributed by atoms with Gasteiger partial charge in [0.15, 0.2) is 17.5 Å². The molecule has 0 amide bonds. The van der Waals surface area contributed by atoms with Gasteiger partial charge in [-0.05, 0) is 77.9 Å². The van der Waals surface area contributed by atoms with Gasteiger partial charge >= 0.3 is 0 Å². The first-order chi connectivity index (χ1) is 30.8. The van der Waals surface area contributed by atoms with Crippen molar-refractivity contribution >= 4 is 43.6 Å². The first-order valence-corrected chi connectivity index (χ1v) is 20.7. The van der Waals surface area contributed by atoms with Gasteiger partial charge in [-0.15, -0.1) is 0 Å². The van der Waals surface area contributed by atoms with Crippen LogP contribution in [0.4, 0.5) is 0 Å². The predicted molar refractivity (Wildman–Crippen MR) is 251 cm³/mol. The molecule has 7 nitrogen and oxygen atoms in total. The lowest BCUT2D eigenvalue weighted by Gasteiger charge is -2.21. The zero-order valence-electron chi connectivity index (χ0n) is 33.3. The van der Waals surface area contributed by atoms with Crippen LogP contribution in [0.25, 0.3) is 111 Å². The van der Waals surface area contributed by atoms with Crippen LogP contribution in [0.15, 0.2) is 213 Å². The molecule has 12 aromatic rings. The van der Waals surface area contributed by atoms with Gasteiger partial charge in [0.25, 0.3) is 0 Å². The Hall–Kier alpha value is -8.55. The van der Waals surface area contributed by atoms with Crippen molar-refractivity contribution in [3.8, 4) is 67.8 Å². The number of pyridine rings is 2. The summed E-state index contributed by atoms with van der Waals surface area (Å²) in [5.41, 5.74) is 13.6. The summed E-state index contributed by atoms with van der Waals surface area (Å²) < 4.78 is 4.91. The van der Waals surface area contributed by atoms with E-state index in [2.05, 4.69) is 183 Å². The molecule has 0 aliphatic heterocycles. The number of nitrogens with zero attached hydrogens (tertiary/aromatic N) is 7. The van der Waals surface area contributed by atoms with Crippen molar-refractivity contribution in [3.05, 3.63) is 213 Å². The minimum absolute atomic E-state index is 0.566. The van der Waals surface area contributed by atoms with Crippen molar-refractivity contribution in [3.63, 3.8) is 0 Å². The quantitative estimate of drug-likeness (QED) is 0.161. The molecule has 290 valence electrons. The predicted octanol–water partition coefficient (Wildman–Crippen LogP) is 13.2. The Kier molecular flexibility index (Phi) is 8.35. The smallest absolute Gasteiger partial charge is 0.164 e. The van der Waals surface area contributed by atoms with Crippen LogP contribution in [0.5, 0.6) is 0 Å². The van der Waals surface area contributed by atoms with E-state index in [0.717, 1.165) is 61.4 Å². The van der Waals surface area contributed by atoms with Gasteiger partial charge in [0.2, 0.25) is 0 Å². The summed E-state index contributed by atoms with van der Waals surface area (Å²) in [6.45, 7) is 0. The van der Waals surface area contributed by atoms with Gasteiger partial charge in [-0.3, -0.25) is 9.97 Å². The molecule has 0 saturated heterocycles. The van der Waals surface area contributed by atoms with Crippen molar-refractivity contribution in [1.29, 1.82) is 0 Å². The number of benzene rings is 7. The summed E-state index contributed by atoms with van der Waals surface area (Å²) in [5, 5.41) is 4.81. The Morgan fingerprint density at radius 1 is 0.323 bits per heavy atom. The lowest BCUT2D eigenvalue weighted by atomic mass is 9.92. The van der Waals surface area contributed by atoms with Crippen LogP contribution >= 0.6 is 0 Å². The molecule has 0 atom stereocenters. The van der Waals surface area contributed by atoms with Crippen LogP contribution in [-0.4, -0.2) is 34.1 Å². The zero-order chi connectivity index (χ0) is 41.0. The Morgan fingerprint density at radius 3 is 1.35 bits per heavy atom. The number of hydrogen-bond donors (Lipinski definition) is 0. The van der Waals surface area contributed by atoms with Crippen molar-refractivity contribution in [2.75, 3.05) is 0 Å². The number of fused-ring (bicyclic) bond motifs is 7. The Labute approximate surface area is 356 Å². The minimum Gasteiger partial charge on any atom is -0.309 e. The third kappa shape index (κ3) is 5.79. The highest BCUT2D eigenvalue weighted by Gasteiger charge is 2.25. The SMILES string of the molecule is c1ccc(-c2cc(-c3nc(-c4ccncc4)nc(-c4ccncc4)n3)cc(-c3ccccc3)c2-n2c3ccccc3c3c2ccc2c4ccccc4n(-c4ccccc4)c23)cc1. The third-order valence-electron chi connectivity index (χ3n) is 11.8. The van der Waals surface area contributed by atoms with Gasteiger partial charge in [0.05, 0.1) is 27.8 Å². The van der Waals surface area contributed by atoms with Crippen molar-refractivity contribution in [1.82, 2.24) is 34.1 Å². The molecule has 0 aliphatic rings. The number of aromatic nitrogens is 7. The van der Waals surface area contributed by atoms with E-state index >= 15 is 0 Å². The monoisotopic (exact) mass is 793 g/mol. The van der Waals surface area contributed by atoms with E-state index in [4.69, 9.17) is 15.0 Å². The second-order valence-electron chi connectivity index (χ2n) is 15.3. The second kappa shape index (κ2) is 14.6. The molecule has 0 aliphatic carbocycles. The molecule has 0 bridgehead atoms. The summed E-state index contributed by atoms with van der Waals surface area (Å²) in [7, 11) is 0. The molecule has 0 saturated carbocycles. The Balaban J connectivity index is 1.22. The number of hydrogen-bond acceptors (Lipinski definition) is 5. The average molecular weight is 794 g/mol.